The van der Waals surface area contributed by atoms with Gasteiger partial charge in [0.25, 0.3) is 0 Å². The molecule has 0 radical (unpaired) electrons. The summed E-state index contributed by atoms with van der Waals surface area (Å²) in [5, 5.41) is 2.24. The maximum atomic E-state index is 6.54. The minimum Gasteiger partial charge on any atom is -0.509 e. The first-order valence-electron chi connectivity index (χ1n) is 18.0. The largest absolute Gasteiger partial charge is 0.509 e. The summed E-state index contributed by atoms with van der Waals surface area (Å²) < 4.78 is 8.72. The number of rotatable bonds is 6. The molecule has 1 aliphatic heterocycles. The average molecular weight is 878 g/mol. The third-order valence-electron chi connectivity index (χ3n) is 9.85. The molecule has 0 amide bonds. The Bertz CT molecular complexity index is 2450. The maximum absolute atomic E-state index is 6.54. The van der Waals surface area contributed by atoms with Gasteiger partial charge in [0.05, 0.1) is 0 Å². The van der Waals surface area contributed by atoms with Gasteiger partial charge >= 0.3 is 0 Å². The first-order valence-corrected chi connectivity index (χ1v) is 18.0. The van der Waals surface area contributed by atoms with Gasteiger partial charge in [-0.1, -0.05) is 91.2 Å². The number of hydrogen-bond donors (Lipinski definition) is 0. The van der Waals surface area contributed by atoms with Crippen LogP contribution in [0, 0.1) is 18.8 Å². The first-order chi connectivity index (χ1) is 24.9. The van der Waals surface area contributed by atoms with Crippen LogP contribution in [0.1, 0.15) is 78.0 Å². The van der Waals surface area contributed by atoms with Gasteiger partial charge in [0.15, 0.2) is 0 Å². The van der Waals surface area contributed by atoms with Crippen molar-refractivity contribution in [2.75, 3.05) is 9.80 Å². The molecule has 4 aromatic carbocycles. The summed E-state index contributed by atoms with van der Waals surface area (Å²) in [5.41, 5.74) is 8.52. The molecule has 0 atom stereocenters. The molecule has 53 heavy (non-hydrogen) atoms. The van der Waals surface area contributed by atoms with E-state index in [1.54, 1.807) is 0 Å². The normalized spacial score (nSPS) is 13.2. The summed E-state index contributed by atoms with van der Waals surface area (Å²) in [4.78, 5) is 14.2. The molecule has 1 aliphatic rings. The van der Waals surface area contributed by atoms with Crippen molar-refractivity contribution in [3.63, 3.8) is 0 Å². The molecule has 0 saturated heterocycles. The second-order valence-corrected chi connectivity index (χ2v) is 16.0. The molecule has 4 heterocycles. The Hall–Kier alpha value is -4.93. The van der Waals surface area contributed by atoms with Crippen molar-refractivity contribution >= 4 is 44.7 Å². The summed E-state index contributed by atoms with van der Waals surface area (Å²) in [5.74, 6) is 3.39. The van der Waals surface area contributed by atoms with Crippen LogP contribution in [0.3, 0.4) is 0 Å². The summed E-state index contributed by atoms with van der Waals surface area (Å²) in [6, 6.07) is 40.7. The van der Waals surface area contributed by atoms with Crippen molar-refractivity contribution in [2.45, 2.75) is 72.1 Å². The SMILES string of the molecule is CC(C)c1cnc(N2[CH-]N(c3[c-]c(Oc4[c-]c5c(cc4)c4ccccc4n5-c4cc(C(C)(C)C)ccn4)ccc3)c3ccccc32)c(C(C)(C)C)c1.[Pt]. The van der Waals surface area contributed by atoms with Crippen molar-refractivity contribution in [3.8, 4) is 17.3 Å². The number of hydrogen-bond acceptors (Lipinski definition) is 5. The molecule has 0 aliphatic carbocycles. The van der Waals surface area contributed by atoms with E-state index in [1.165, 1.54) is 16.7 Å². The molecule has 7 heteroatoms. The number of benzene rings is 4. The van der Waals surface area contributed by atoms with Gasteiger partial charge in [-0.2, -0.15) is 12.1 Å². The van der Waals surface area contributed by atoms with Gasteiger partial charge in [0.1, 0.15) is 11.6 Å². The number of anilines is 4. The predicted molar refractivity (Wildman–Crippen MR) is 214 cm³/mol. The summed E-state index contributed by atoms with van der Waals surface area (Å²) in [6.07, 6.45) is 3.91. The molecule has 0 unspecified atom stereocenters. The average Bonchev–Trinajstić information content (AvgIpc) is 3.67. The quantitative estimate of drug-likeness (QED) is 0.156. The van der Waals surface area contributed by atoms with Crippen molar-refractivity contribution in [1.82, 2.24) is 14.5 Å². The zero-order chi connectivity index (χ0) is 36.4. The van der Waals surface area contributed by atoms with Crippen molar-refractivity contribution < 1.29 is 25.8 Å². The number of fused-ring (bicyclic) bond motifs is 4. The zero-order valence-electron chi connectivity index (χ0n) is 31.5. The molecular weight excluding hydrogens is 834 g/mol. The van der Waals surface area contributed by atoms with E-state index in [-0.39, 0.29) is 31.9 Å². The van der Waals surface area contributed by atoms with Crippen LogP contribution in [0.15, 0.2) is 109 Å². The molecule has 7 aromatic rings. The Morgan fingerprint density at radius 3 is 2.15 bits per heavy atom. The van der Waals surface area contributed by atoms with E-state index >= 15 is 0 Å². The molecule has 0 spiro atoms. The topological polar surface area (TPSA) is 46.4 Å². The molecule has 272 valence electrons. The number of nitrogens with zero attached hydrogens (tertiary/aromatic N) is 5. The van der Waals surface area contributed by atoms with E-state index in [2.05, 4.69) is 167 Å². The third-order valence-corrected chi connectivity index (χ3v) is 9.85. The molecule has 0 bridgehead atoms. The second-order valence-electron chi connectivity index (χ2n) is 16.0. The van der Waals surface area contributed by atoms with Crippen LogP contribution >= 0.6 is 0 Å². The first kappa shape index (κ1) is 36.4. The Labute approximate surface area is 327 Å². The Morgan fingerprint density at radius 2 is 1.42 bits per heavy atom. The van der Waals surface area contributed by atoms with Gasteiger partial charge < -0.3 is 19.1 Å². The van der Waals surface area contributed by atoms with Crippen LogP contribution in [0.25, 0.3) is 27.6 Å². The monoisotopic (exact) mass is 877 g/mol. The van der Waals surface area contributed by atoms with Crippen molar-refractivity contribution in [3.05, 3.63) is 145 Å². The maximum Gasteiger partial charge on any atom is 0.135 e. The van der Waals surface area contributed by atoms with E-state index in [0.29, 0.717) is 17.4 Å². The smallest absolute Gasteiger partial charge is 0.135 e. The van der Waals surface area contributed by atoms with Crippen LogP contribution < -0.4 is 14.5 Å². The van der Waals surface area contributed by atoms with E-state index < -0.39 is 0 Å². The van der Waals surface area contributed by atoms with Crippen LogP contribution in [0.2, 0.25) is 0 Å². The Kier molecular flexibility index (Phi) is 9.49. The standard InChI is InChI=1S/C46H44N5O.Pt/c1-30(2)31-24-38(46(6,7)8)44(48-28-31)50-29-49(40-18-11-12-19-41(40)50)33-14-13-15-34(26-33)52-35-20-21-37-36-16-9-10-17-39(36)51(42(37)27-35)43-25-32(22-23-47-43)45(3,4)5;/h9-25,28-30H,1-8H3;/q-3;. The zero-order valence-corrected chi connectivity index (χ0v) is 33.8. The van der Waals surface area contributed by atoms with Gasteiger partial charge in [-0.05, 0) is 75.2 Å². The fourth-order valence-corrected chi connectivity index (χ4v) is 6.94. The number of para-hydroxylation sites is 3. The van der Waals surface area contributed by atoms with Crippen LogP contribution in [-0.2, 0) is 31.9 Å². The molecule has 0 saturated carbocycles. The number of pyridine rings is 2. The van der Waals surface area contributed by atoms with E-state index in [0.717, 1.165) is 50.5 Å². The second kappa shape index (κ2) is 13.8. The molecule has 3 aromatic heterocycles. The molecule has 8 rings (SSSR count). The van der Waals surface area contributed by atoms with E-state index in [9.17, 15) is 0 Å². The van der Waals surface area contributed by atoms with E-state index in [1.807, 2.05) is 30.6 Å². The minimum atomic E-state index is -0.0991. The fraction of sp³-hybridized carbons (Fsp3) is 0.239. The van der Waals surface area contributed by atoms with Gasteiger partial charge in [0, 0.05) is 61.8 Å². The summed E-state index contributed by atoms with van der Waals surface area (Å²) >= 11 is 0. The molecular formula is C46H44N5OPt-3. The van der Waals surface area contributed by atoms with Crippen LogP contribution in [0.4, 0.5) is 22.9 Å². The fourth-order valence-electron chi connectivity index (χ4n) is 6.94. The predicted octanol–water partition coefficient (Wildman–Crippen LogP) is 12.1. The molecule has 0 N–H and O–H groups in total. The third kappa shape index (κ3) is 6.74. The Morgan fingerprint density at radius 1 is 0.698 bits per heavy atom. The Balaban J connectivity index is 0.00000435. The summed E-state index contributed by atoms with van der Waals surface area (Å²) in [7, 11) is 0. The van der Waals surface area contributed by atoms with Gasteiger partial charge in [0.2, 0.25) is 0 Å². The van der Waals surface area contributed by atoms with Crippen molar-refractivity contribution in [1.29, 1.82) is 0 Å². The van der Waals surface area contributed by atoms with Crippen LogP contribution in [-0.4, -0.2) is 14.5 Å². The molecule has 0 fully saturated rings. The van der Waals surface area contributed by atoms with Gasteiger partial charge in [-0.15, -0.1) is 48.1 Å². The molecule has 6 nitrogen and oxygen atoms in total. The number of ether oxygens (including phenoxy) is 1. The van der Waals surface area contributed by atoms with Gasteiger partial charge in [-0.3, -0.25) is 0 Å². The van der Waals surface area contributed by atoms with E-state index in [4.69, 9.17) is 14.7 Å². The number of aromatic nitrogens is 3. The summed E-state index contributed by atoms with van der Waals surface area (Å²) in [6.45, 7) is 20.0. The van der Waals surface area contributed by atoms with Crippen molar-refractivity contribution in [2.24, 2.45) is 0 Å². The minimum absolute atomic E-state index is 0. The van der Waals surface area contributed by atoms with Gasteiger partial charge in [-0.25, -0.2) is 9.97 Å². The van der Waals surface area contributed by atoms with Crippen LogP contribution in [0.5, 0.6) is 11.5 Å².